The zero-order valence-electron chi connectivity index (χ0n) is 10.6. The lowest BCUT2D eigenvalue weighted by Gasteiger charge is -2.32. The average molecular weight is 234 g/mol. The number of rotatable bonds is 5. The second-order valence-corrected chi connectivity index (χ2v) is 4.97. The maximum atomic E-state index is 5.31. The van der Waals surface area contributed by atoms with Crippen LogP contribution in [0.3, 0.4) is 0 Å². The Hall–Kier alpha value is -1.06. The summed E-state index contributed by atoms with van der Waals surface area (Å²) in [5, 5.41) is 3.56. The van der Waals surface area contributed by atoms with E-state index in [-0.39, 0.29) is 0 Å². The summed E-state index contributed by atoms with van der Waals surface area (Å²) >= 11 is 0. The third kappa shape index (κ3) is 4.02. The normalized spacial score (nSPS) is 18.4. The van der Waals surface area contributed by atoms with Crippen molar-refractivity contribution in [1.82, 2.24) is 10.2 Å². The smallest absolute Gasteiger partial charge is 0.117 e. The minimum atomic E-state index is 0.626. The molecule has 0 bridgehead atoms. The number of hydrogen-bond acceptors (Lipinski definition) is 3. The van der Waals surface area contributed by atoms with E-state index in [2.05, 4.69) is 23.7 Å². The van der Waals surface area contributed by atoms with E-state index in [0.29, 0.717) is 6.04 Å². The Balaban J connectivity index is 1.67. The van der Waals surface area contributed by atoms with Gasteiger partial charge in [-0.15, -0.1) is 0 Å². The number of likely N-dealkylation sites (tertiary alicyclic amines) is 1. The van der Waals surface area contributed by atoms with Crippen LogP contribution in [-0.4, -0.2) is 30.6 Å². The average Bonchev–Trinajstić information content (AvgIpc) is 2.80. The van der Waals surface area contributed by atoms with Gasteiger partial charge in [0.1, 0.15) is 5.76 Å². The molecule has 3 nitrogen and oxygen atoms in total. The summed E-state index contributed by atoms with van der Waals surface area (Å²) in [5.74, 6) is 1.02. The molecule has 0 amide bonds. The molecular formula is C14H22N2O. The summed E-state index contributed by atoms with van der Waals surface area (Å²) < 4.78 is 5.31. The van der Waals surface area contributed by atoms with Crippen LogP contribution >= 0.6 is 0 Å². The first-order valence-electron chi connectivity index (χ1n) is 6.36. The molecule has 0 saturated carbocycles. The fraction of sp³-hybridized carbons (Fsp3) is 0.571. The highest BCUT2D eigenvalue weighted by Gasteiger charge is 2.18. The number of hydrogen-bond donors (Lipinski definition) is 1. The molecule has 3 heteroatoms. The number of piperidine rings is 1. The Labute approximate surface area is 103 Å². The van der Waals surface area contributed by atoms with Crippen molar-refractivity contribution < 1.29 is 4.42 Å². The van der Waals surface area contributed by atoms with Crippen LogP contribution < -0.4 is 5.32 Å². The van der Waals surface area contributed by atoms with Crippen molar-refractivity contribution >= 4 is 0 Å². The van der Waals surface area contributed by atoms with Crippen molar-refractivity contribution in [3.05, 3.63) is 36.3 Å². The van der Waals surface area contributed by atoms with Crippen LogP contribution in [0.5, 0.6) is 0 Å². The molecule has 0 aliphatic carbocycles. The van der Waals surface area contributed by atoms with Crippen molar-refractivity contribution in [3.8, 4) is 0 Å². The van der Waals surface area contributed by atoms with Gasteiger partial charge in [-0.05, 0) is 45.0 Å². The molecule has 2 heterocycles. The maximum Gasteiger partial charge on any atom is 0.117 e. The van der Waals surface area contributed by atoms with Crippen molar-refractivity contribution in [2.45, 2.75) is 32.4 Å². The van der Waals surface area contributed by atoms with E-state index in [1.54, 1.807) is 6.26 Å². The van der Waals surface area contributed by atoms with Gasteiger partial charge in [-0.1, -0.05) is 12.2 Å². The van der Waals surface area contributed by atoms with Gasteiger partial charge in [-0.3, -0.25) is 4.90 Å². The number of furan rings is 1. The Morgan fingerprint density at radius 3 is 2.88 bits per heavy atom. The van der Waals surface area contributed by atoms with Gasteiger partial charge in [0.25, 0.3) is 0 Å². The maximum absolute atomic E-state index is 5.31. The second kappa shape index (κ2) is 6.03. The third-order valence-electron chi connectivity index (χ3n) is 3.23. The first kappa shape index (κ1) is 12.4. The summed E-state index contributed by atoms with van der Waals surface area (Å²) in [6.45, 7) is 10.3. The van der Waals surface area contributed by atoms with Crippen molar-refractivity contribution in [2.24, 2.45) is 0 Å². The van der Waals surface area contributed by atoms with Crippen LogP contribution in [0, 0.1) is 0 Å². The predicted octanol–water partition coefficient (Wildman–Crippen LogP) is 2.41. The largest absolute Gasteiger partial charge is 0.468 e. The summed E-state index contributed by atoms with van der Waals surface area (Å²) in [5.41, 5.74) is 1.26. The van der Waals surface area contributed by atoms with Gasteiger partial charge < -0.3 is 9.73 Å². The monoisotopic (exact) mass is 234 g/mol. The zero-order chi connectivity index (χ0) is 12.1. The molecule has 0 spiro atoms. The highest BCUT2D eigenvalue weighted by molar-refractivity contribution is 4.98. The Bertz CT molecular complexity index is 337. The van der Waals surface area contributed by atoms with Gasteiger partial charge in [0.15, 0.2) is 0 Å². The van der Waals surface area contributed by atoms with Gasteiger partial charge >= 0.3 is 0 Å². The van der Waals surface area contributed by atoms with Crippen molar-refractivity contribution in [2.75, 3.05) is 19.6 Å². The fourth-order valence-corrected chi connectivity index (χ4v) is 2.34. The molecule has 2 rings (SSSR count). The van der Waals surface area contributed by atoms with E-state index >= 15 is 0 Å². The highest BCUT2D eigenvalue weighted by atomic mass is 16.3. The topological polar surface area (TPSA) is 28.4 Å². The van der Waals surface area contributed by atoms with Crippen LogP contribution in [-0.2, 0) is 6.54 Å². The molecule has 1 saturated heterocycles. The Kier molecular flexibility index (Phi) is 4.40. The number of nitrogens with zero attached hydrogens (tertiary/aromatic N) is 1. The van der Waals surface area contributed by atoms with Crippen LogP contribution in [0.1, 0.15) is 25.5 Å². The van der Waals surface area contributed by atoms with E-state index in [1.807, 2.05) is 12.1 Å². The lowest BCUT2D eigenvalue weighted by atomic mass is 10.0. The van der Waals surface area contributed by atoms with Crippen LogP contribution in [0.15, 0.2) is 35.0 Å². The van der Waals surface area contributed by atoms with E-state index in [1.165, 1.54) is 31.5 Å². The van der Waals surface area contributed by atoms with Crippen LogP contribution in [0.25, 0.3) is 0 Å². The summed E-state index contributed by atoms with van der Waals surface area (Å²) in [6.07, 6.45) is 4.16. The Morgan fingerprint density at radius 2 is 2.29 bits per heavy atom. The first-order valence-corrected chi connectivity index (χ1v) is 6.36. The summed E-state index contributed by atoms with van der Waals surface area (Å²) in [7, 11) is 0. The molecule has 0 radical (unpaired) electrons. The highest BCUT2D eigenvalue weighted by Crippen LogP contribution is 2.12. The molecule has 94 valence electrons. The number of nitrogens with one attached hydrogen (secondary N) is 1. The molecule has 1 aliphatic rings. The van der Waals surface area contributed by atoms with Crippen molar-refractivity contribution in [3.63, 3.8) is 0 Å². The lowest BCUT2D eigenvalue weighted by molar-refractivity contribution is 0.209. The molecule has 1 aromatic heterocycles. The zero-order valence-corrected chi connectivity index (χ0v) is 10.6. The lowest BCUT2D eigenvalue weighted by Crippen LogP contribution is -2.42. The van der Waals surface area contributed by atoms with Gasteiger partial charge in [0, 0.05) is 12.6 Å². The van der Waals surface area contributed by atoms with Gasteiger partial charge in [0.05, 0.1) is 12.8 Å². The quantitative estimate of drug-likeness (QED) is 0.793. The molecule has 0 atom stereocenters. The van der Waals surface area contributed by atoms with E-state index in [4.69, 9.17) is 4.42 Å². The van der Waals surface area contributed by atoms with Crippen LogP contribution in [0.2, 0.25) is 0 Å². The second-order valence-electron chi connectivity index (χ2n) is 4.97. The van der Waals surface area contributed by atoms with E-state index < -0.39 is 0 Å². The standard InChI is InChI=1S/C14H22N2O/c1-12(2)11-16-7-5-13(6-8-16)15-10-14-4-3-9-17-14/h3-4,9,13,15H,1,5-8,10-11H2,2H3. The Morgan fingerprint density at radius 1 is 1.53 bits per heavy atom. The van der Waals surface area contributed by atoms with E-state index in [9.17, 15) is 0 Å². The molecule has 1 aromatic rings. The summed E-state index contributed by atoms with van der Waals surface area (Å²) in [4.78, 5) is 2.48. The molecule has 1 fully saturated rings. The minimum Gasteiger partial charge on any atom is -0.468 e. The first-order chi connectivity index (χ1) is 8.24. The van der Waals surface area contributed by atoms with Crippen molar-refractivity contribution in [1.29, 1.82) is 0 Å². The minimum absolute atomic E-state index is 0.626. The SMILES string of the molecule is C=C(C)CN1CCC(NCc2ccco2)CC1. The van der Waals surface area contributed by atoms with E-state index in [0.717, 1.165) is 18.8 Å². The molecule has 17 heavy (non-hydrogen) atoms. The predicted molar refractivity (Wildman–Crippen MR) is 69.8 cm³/mol. The van der Waals surface area contributed by atoms with Gasteiger partial charge in [-0.2, -0.15) is 0 Å². The van der Waals surface area contributed by atoms with Gasteiger partial charge in [0.2, 0.25) is 0 Å². The fourth-order valence-electron chi connectivity index (χ4n) is 2.34. The van der Waals surface area contributed by atoms with Crippen LogP contribution in [0.4, 0.5) is 0 Å². The molecule has 1 aliphatic heterocycles. The molecular weight excluding hydrogens is 212 g/mol. The summed E-state index contributed by atoms with van der Waals surface area (Å²) in [6, 6.07) is 4.58. The molecule has 0 unspecified atom stereocenters. The third-order valence-corrected chi connectivity index (χ3v) is 3.23. The molecule has 1 N–H and O–H groups in total. The van der Waals surface area contributed by atoms with Gasteiger partial charge in [-0.25, -0.2) is 0 Å². The molecule has 0 aromatic carbocycles.